The van der Waals surface area contributed by atoms with Gasteiger partial charge in [-0.15, -0.1) is 0 Å². The molecule has 1 heterocycles. The smallest absolute Gasteiger partial charge is 0.249 e. The first-order valence-corrected chi connectivity index (χ1v) is 8.43. The van der Waals surface area contributed by atoms with Crippen molar-refractivity contribution in [2.24, 2.45) is 0 Å². The van der Waals surface area contributed by atoms with Gasteiger partial charge >= 0.3 is 0 Å². The second-order valence-electron chi connectivity index (χ2n) is 5.42. The van der Waals surface area contributed by atoms with E-state index in [1.165, 1.54) is 0 Å². The molecule has 0 radical (unpaired) electrons. The second-order valence-corrected chi connectivity index (χ2v) is 7.25. The third-order valence-corrected chi connectivity index (χ3v) is 5.81. The van der Waals surface area contributed by atoms with Crippen LogP contribution in [0.25, 0.3) is 0 Å². The zero-order valence-corrected chi connectivity index (χ0v) is 12.9. The zero-order valence-electron chi connectivity index (χ0n) is 12.1. The lowest BCUT2D eigenvalue weighted by atomic mass is 10.2. The Labute approximate surface area is 124 Å². The van der Waals surface area contributed by atoms with Crippen LogP contribution in [-0.4, -0.2) is 23.9 Å². The molecule has 112 valence electrons. The van der Waals surface area contributed by atoms with Gasteiger partial charge in [-0.1, -0.05) is 35.5 Å². The molecule has 0 saturated heterocycles. The van der Waals surface area contributed by atoms with Crippen LogP contribution in [0.5, 0.6) is 0 Å². The fourth-order valence-electron chi connectivity index (χ4n) is 2.50. The third-order valence-electron chi connectivity index (χ3n) is 3.67. The molecule has 1 fully saturated rings. The number of aromatic nitrogens is 1. The molecule has 0 bridgehead atoms. The molecule has 1 aromatic heterocycles. The molecule has 1 aliphatic rings. The van der Waals surface area contributed by atoms with Crippen molar-refractivity contribution in [1.82, 2.24) is 9.46 Å². The van der Waals surface area contributed by atoms with E-state index in [9.17, 15) is 8.42 Å². The van der Waals surface area contributed by atoms with Crippen LogP contribution < -0.4 is 0 Å². The van der Waals surface area contributed by atoms with Crippen LogP contribution in [0.4, 0.5) is 0 Å². The lowest BCUT2D eigenvalue weighted by Gasteiger charge is -2.21. The van der Waals surface area contributed by atoms with Crippen LogP contribution in [0, 0.1) is 13.8 Å². The van der Waals surface area contributed by atoms with Gasteiger partial charge in [0.05, 0.1) is 0 Å². The van der Waals surface area contributed by atoms with Crippen molar-refractivity contribution in [2.45, 2.75) is 44.2 Å². The minimum Gasteiger partial charge on any atom is -0.360 e. The molecule has 0 amide bonds. The van der Waals surface area contributed by atoms with Gasteiger partial charge < -0.3 is 4.52 Å². The van der Waals surface area contributed by atoms with E-state index in [2.05, 4.69) is 5.16 Å². The fourth-order valence-corrected chi connectivity index (χ4v) is 4.46. The SMILES string of the molecule is Cc1noc(C)c1S(=O)(=O)N(Cc1ccccc1)C1CC1. The monoisotopic (exact) mass is 306 g/mol. The number of hydrogen-bond acceptors (Lipinski definition) is 4. The second kappa shape index (κ2) is 5.27. The molecule has 1 aromatic carbocycles. The van der Waals surface area contributed by atoms with Crippen molar-refractivity contribution < 1.29 is 12.9 Å². The Kier molecular flexibility index (Phi) is 3.59. The zero-order chi connectivity index (χ0) is 15.0. The molecular formula is C15H18N2O3S. The van der Waals surface area contributed by atoms with Crippen LogP contribution >= 0.6 is 0 Å². The highest BCUT2D eigenvalue weighted by Crippen LogP contribution is 2.35. The van der Waals surface area contributed by atoms with E-state index in [0.717, 1.165) is 18.4 Å². The Balaban J connectivity index is 1.97. The highest BCUT2D eigenvalue weighted by Gasteiger charge is 2.40. The summed E-state index contributed by atoms with van der Waals surface area (Å²) in [4.78, 5) is 0.213. The Hall–Kier alpha value is -1.66. The molecule has 5 nitrogen and oxygen atoms in total. The van der Waals surface area contributed by atoms with Gasteiger partial charge in [0, 0.05) is 12.6 Å². The summed E-state index contributed by atoms with van der Waals surface area (Å²) >= 11 is 0. The standard InChI is InChI=1S/C15H18N2O3S/c1-11-15(12(2)20-16-11)21(18,19)17(14-8-9-14)10-13-6-4-3-5-7-13/h3-7,14H,8-10H2,1-2H3. The van der Waals surface area contributed by atoms with Gasteiger partial charge in [0.25, 0.3) is 0 Å². The van der Waals surface area contributed by atoms with Crippen molar-refractivity contribution >= 4 is 10.0 Å². The Morgan fingerprint density at radius 3 is 2.43 bits per heavy atom. The Morgan fingerprint density at radius 1 is 1.24 bits per heavy atom. The molecule has 2 aromatic rings. The summed E-state index contributed by atoms with van der Waals surface area (Å²) in [6, 6.07) is 9.74. The van der Waals surface area contributed by atoms with Crippen molar-refractivity contribution in [3.05, 3.63) is 47.3 Å². The maximum absolute atomic E-state index is 12.9. The number of benzene rings is 1. The van der Waals surface area contributed by atoms with E-state index in [4.69, 9.17) is 4.52 Å². The first-order valence-electron chi connectivity index (χ1n) is 6.99. The van der Waals surface area contributed by atoms with E-state index in [0.29, 0.717) is 18.0 Å². The summed E-state index contributed by atoms with van der Waals surface area (Å²) in [7, 11) is -3.58. The van der Waals surface area contributed by atoms with Gasteiger partial charge in [-0.05, 0) is 32.3 Å². The maximum atomic E-state index is 12.9. The first kappa shape index (κ1) is 14.3. The quantitative estimate of drug-likeness (QED) is 0.852. The van der Waals surface area contributed by atoms with Gasteiger partial charge in [0.15, 0.2) is 5.76 Å². The lowest BCUT2D eigenvalue weighted by Crippen LogP contribution is -2.33. The molecule has 6 heteroatoms. The number of hydrogen-bond donors (Lipinski definition) is 0. The Morgan fingerprint density at radius 2 is 1.90 bits per heavy atom. The molecule has 21 heavy (non-hydrogen) atoms. The van der Waals surface area contributed by atoms with E-state index >= 15 is 0 Å². The van der Waals surface area contributed by atoms with E-state index < -0.39 is 10.0 Å². The van der Waals surface area contributed by atoms with Gasteiger partial charge in [-0.25, -0.2) is 8.42 Å². The van der Waals surface area contributed by atoms with Crippen LogP contribution in [0.1, 0.15) is 29.9 Å². The topological polar surface area (TPSA) is 63.4 Å². The van der Waals surface area contributed by atoms with E-state index in [1.807, 2.05) is 30.3 Å². The first-order chi connectivity index (χ1) is 10.00. The molecular weight excluding hydrogens is 288 g/mol. The number of rotatable bonds is 5. The van der Waals surface area contributed by atoms with Crippen LogP contribution in [-0.2, 0) is 16.6 Å². The van der Waals surface area contributed by atoms with Gasteiger partial charge in [0.1, 0.15) is 10.6 Å². The van der Waals surface area contributed by atoms with Gasteiger partial charge in [0.2, 0.25) is 10.0 Å². The largest absolute Gasteiger partial charge is 0.360 e. The fraction of sp³-hybridized carbons (Fsp3) is 0.400. The minimum atomic E-state index is -3.58. The van der Waals surface area contributed by atoms with Crippen molar-refractivity contribution in [3.8, 4) is 0 Å². The summed E-state index contributed by atoms with van der Waals surface area (Å²) in [5.41, 5.74) is 1.41. The summed E-state index contributed by atoms with van der Waals surface area (Å²) in [6.07, 6.45) is 1.82. The van der Waals surface area contributed by atoms with Crippen molar-refractivity contribution in [2.75, 3.05) is 0 Å². The number of sulfonamides is 1. The number of aryl methyl sites for hydroxylation is 2. The summed E-state index contributed by atoms with van der Waals surface area (Å²) in [6.45, 7) is 3.69. The molecule has 0 unspecified atom stereocenters. The minimum absolute atomic E-state index is 0.0870. The van der Waals surface area contributed by atoms with E-state index in [-0.39, 0.29) is 10.9 Å². The molecule has 1 saturated carbocycles. The normalized spacial score (nSPS) is 15.6. The molecule has 0 spiro atoms. The van der Waals surface area contributed by atoms with Crippen LogP contribution in [0.3, 0.4) is 0 Å². The van der Waals surface area contributed by atoms with Crippen molar-refractivity contribution in [3.63, 3.8) is 0 Å². The molecule has 0 N–H and O–H groups in total. The maximum Gasteiger partial charge on any atom is 0.249 e. The average molecular weight is 306 g/mol. The summed E-state index contributed by atoms with van der Waals surface area (Å²) in [5, 5.41) is 3.77. The summed E-state index contributed by atoms with van der Waals surface area (Å²) in [5.74, 6) is 0.353. The van der Waals surface area contributed by atoms with E-state index in [1.54, 1.807) is 18.2 Å². The Bertz CT molecular complexity index is 714. The highest BCUT2D eigenvalue weighted by molar-refractivity contribution is 7.89. The van der Waals surface area contributed by atoms with Crippen molar-refractivity contribution in [1.29, 1.82) is 0 Å². The van der Waals surface area contributed by atoms with Crippen LogP contribution in [0.15, 0.2) is 39.8 Å². The average Bonchev–Trinajstić information content (AvgIpc) is 3.22. The molecule has 3 rings (SSSR count). The molecule has 0 aliphatic heterocycles. The predicted molar refractivity (Wildman–Crippen MR) is 78.2 cm³/mol. The molecule has 1 aliphatic carbocycles. The van der Waals surface area contributed by atoms with Gasteiger partial charge in [-0.3, -0.25) is 0 Å². The van der Waals surface area contributed by atoms with Gasteiger partial charge in [-0.2, -0.15) is 4.31 Å². The summed E-state index contributed by atoms with van der Waals surface area (Å²) < 4.78 is 32.5. The highest BCUT2D eigenvalue weighted by atomic mass is 32.2. The van der Waals surface area contributed by atoms with Crippen LogP contribution in [0.2, 0.25) is 0 Å². The lowest BCUT2D eigenvalue weighted by molar-refractivity contribution is 0.384. The third kappa shape index (κ3) is 2.73. The predicted octanol–water partition coefficient (Wildman–Crippen LogP) is 2.64. The molecule has 0 atom stereocenters. The number of nitrogens with zero attached hydrogens (tertiary/aromatic N) is 2.